The van der Waals surface area contributed by atoms with Crippen molar-refractivity contribution in [1.82, 2.24) is 15.2 Å². The standard InChI is InChI=1S/C19H24N4O3S/c1-20-19(22-17-9-11-27(25,26)14-17)21-12-15-5-7-16(8-6-15)13-23-10-3-2-4-18(23)24/h2-8,10,17H,9,11-14H2,1H3,(H2,20,21,22). The molecule has 0 saturated carbocycles. The molecule has 3 rings (SSSR count). The number of guanidine groups is 1. The van der Waals surface area contributed by atoms with Crippen LogP contribution in [-0.2, 0) is 22.9 Å². The number of hydrogen-bond acceptors (Lipinski definition) is 4. The fourth-order valence-corrected chi connectivity index (χ4v) is 4.71. The third-order valence-corrected chi connectivity index (χ3v) is 6.30. The number of aliphatic imine (C=N–C) groups is 1. The summed E-state index contributed by atoms with van der Waals surface area (Å²) in [5.41, 5.74) is 2.10. The summed E-state index contributed by atoms with van der Waals surface area (Å²) in [6.07, 6.45) is 2.38. The predicted molar refractivity (Wildman–Crippen MR) is 107 cm³/mol. The Labute approximate surface area is 159 Å². The van der Waals surface area contributed by atoms with Crippen LogP contribution in [0.3, 0.4) is 0 Å². The lowest BCUT2D eigenvalue weighted by Crippen LogP contribution is -2.43. The molecule has 144 valence electrons. The molecule has 1 aliphatic rings. The molecule has 1 atom stereocenters. The smallest absolute Gasteiger partial charge is 0.250 e. The van der Waals surface area contributed by atoms with Gasteiger partial charge in [-0.3, -0.25) is 9.79 Å². The molecule has 2 N–H and O–H groups in total. The van der Waals surface area contributed by atoms with Gasteiger partial charge in [-0.05, 0) is 23.6 Å². The third-order valence-electron chi connectivity index (χ3n) is 4.53. The molecule has 1 saturated heterocycles. The van der Waals surface area contributed by atoms with Crippen molar-refractivity contribution in [3.63, 3.8) is 0 Å². The lowest BCUT2D eigenvalue weighted by Gasteiger charge is -2.16. The number of aromatic nitrogens is 1. The molecular weight excluding hydrogens is 364 g/mol. The Bertz CT molecular complexity index is 965. The van der Waals surface area contributed by atoms with Gasteiger partial charge in [-0.15, -0.1) is 0 Å². The summed E-state index contributed by atoms with van der Waals surface area (Å²) in [5, 5.41) is 6.37. The van der Waals surface area contributed by atoms with Gasteiger partial charge in [0.1, 0.15) is 0 Å². The van der Waals surface area contributed by atoms with E-state index >= 15 is 0 Å². The van der Waals surface area contributed by atoms with Gasteiger partial charge in [0.25, 0.3) is 5.56 Å². The zero-order valence-corrected chi connectivity index (χ0v) is 16.1. The summed E-state index contributed by atoms with van der Waals surface area (Å²) in [6.45, 7) is 1.11. The minimum atomic E-state index is -2.92. The maximum Gasteiger partial charge on any atom is 0.250 e. The maximum absolute atomic E-state index is 11.8. The van der Waals surface area contributed by atoms with Gasteiger partial charge in [-0.25, -0.2) is 8.42 Å². The summed E-state index contributed by atoms with van der Waals surface area (Å²) in [4.78, 5) is 15.9. The second-order valence-corrected chi connectivity index (χ2v) is 8.88. The second kappa shape index (κ2) is 8.39. The molecule has 0 spiro atoms. The van der Waals surface area contributed by atoms with Crippen molar-refractivity contribution < 1.29 is 8.42 Å². The largest absolute Gasteiger partial charge is 0.353 e. The molecular formula is C19H24N4O3S. The van der Waals surface area contributed by atoms with Crippen molar-refractivity contribution in [1.29, 1.82) is 0 Å². The van der Waals surface area contributed by atoms with Crippen LogP contribution in [-0.4, -0.2) is 43.5 Å². The normalized spacial score (nSPS) is 19.0. The van der Waals surface area contributed by atoms with Crippen LogP contribution in [0, 0.1) is 0 Å². The molecule has 8 heteroatoms. The van der Waals surface area contributed by atoms with Crippen LogP contribution < -0.4 is 16.2 Å². The van der Waals surface area contributed by atoms with Crippen LogP contribution in [0.2, 0.25) is 0 Å². The molecule has 7 nitrogen and oxygen atoms in total. The average molecular weight is 388 g/mol. The lowest BCUT2D eigenvalue weighted by molar-refractivity contribution is 0.599. The van der Waals surface area contributed by atoms with Crippen LogP contribution in [0.1, 0.15) is 17.5 Å². The van der Waals surface area contributed by atoms with Crippen LogP contribution >= 0.6 is 0 Å². The van der Waals surface area contributed by atoms with E-state index in [0.29, 0.717) is 25.5 Å². The quantitative estimate of drug-likeness (QED) is 0.582. The van der Waals surface area contributed by atoms with Crippen molar-refractivity contribution >= 4 is 15.8 Å². The number of benzene rings is 1. The highest BCUT2D eigenvalue weighted by Crippen LogP contribution is 2.11. The Balaban J connectivity index is 1.53. The molecule has 0 amide bonds. The van der Waals surface area contributed by atoms with Gasteiger partial charge in [0, 0.05) is 31.9 Å². The van der Waals surface area contributed by atoms with E-state index in [1.807, 2.05) is 30.3 Å². The minimum absolute atomic E-state index is 0.0213. The van der Waals surface area contributed by atoms with Gasteiger partial charge in [0.2, 0.25) is 0 Å². The maximum atomic E-state index is 11.8. The average Bonchev–Trinajstić information content (AvgIpc) is 3.00. The lowest BCUT2D eigenvalue weighted by atomic mass is 10.1. The van der Waals surface area contributed by atoms with Gasteiger partial charge in [-0.1, -0.05) is 30.3 Å². The molecule has 0 bridgehead atoms. The van der Waals surface area contributed by atoms with Crippen molar-refractivity contribution in [3.8, 4) is 0 Å². The Kier molecular flexibility index (Phi) is 5.95. The molecule has 1 aliphatic heterocycles. The predicted octanol–water partition coefficient (Wildman–Crippen LogP) is 0.749. The zero-order chi connectivity index (χ0) is 19.3. The van der Waals surface area contributed by atoms with Crippen LogP contribution in [0.5, 0.6) is 0 Å². The van der Waals surface area contributed by atoms with Gasteiger partial charge >= 0.3 is 0 Å². The highest BCUT2D eigenvalue weighted by molar-refractivity contribution is 7.91. The minimum Gasteiger partial charge on any atom is -0.353 e. The third kappa shape index (κ3) is 5.43. The summed E-state index contributed by atoms with van der Waals surface area (Å²) < 4.78 is 24.8. The van der Waals surface area contributed by atoms with E-state index in [0.717, 1.165) is 11.1 Å². The number of nitrogens with one attached hydrogen (secondary N) is 2. The Morgan fingerprint density at radius 2 is 1.93 bits per heavy atom. The molecule has 0 radical (unpaired) electrons. The summed E-state index contributed by atoms with van der Waals surface area (Å²) >= 11 is 0. The van der Waals surface area contributed by atoms with E-state index in [2.05, 4.69) is 15.6 Å². The van der Waals surface area contributed by atoms with E-state index in [4.69, 9.17) is 0 Å². The van der Waals surface area contributed by atoms with E-state index in [-0.39, 0.29) is 23.1 Å². The van der Waals surface area contributed by atoms with E-state index in [1.54, 1.807) is 29.9 Å². The second-order valence-electron chi connectivity index (χ2n) is 6.65. The van der Waals surface area contributed by atoms with E-state index in [1.165, 1.54) is 0 Å². The monoisotopic (exact) mass is 388 g/mol. The topological polar surface area (TPSA) is 92.6 Å². The van der Waals surface area contributed by atoms with Crippen LogP contribution in [0.15, 0.2) is 58.4 Å². The summed E-state index contributed by atoms with van der Waals surface area (Å²) in [6, 6.07) is 13.0. The highest BCUT2D eigenvalue weighted by Gasteiger charge is 2.28. The van der Waals surface area contributed by atoms with Crippen LogP contribution in [0.4, 0.5) is 0 Å². The van der Waals surface area contributed by atoms with Crippen LogP contribution in [0.25, 0.3) is 0 Å². The molecule has 1 aromatic heterocycles. The highest BCUT2D eigenvalue weighted by atomic mass is 32.2. The van der Waals surface area contributed by atoms with Gasteiger partial charge < -0.3 is 15.2 Å². The number of nitrogens with zero attached hydrogens (tertiary/aromatic N) is 2. The Morgan fingerprint density at radius 1 is 1.19 bits per heavy atom. The fraction of sp³-hybridized carbons (Fsp3) is 0.368. The van der Waals surface area contributed by atoms with Gasteiger partial charge in [0.05, 0.1) is 18.1 Å². The summed E-state index contributed by atoms with van der Waals surface area (Å²) in [5.74, 6) is 0.978. The van der Waals surface area contributed by atoms with Crippen molar-refractivity contribution in [2.45, 2.75) is 25.6 Å². The number of rotatable bonds is 5. The fourth-order valence-electron chi connectivity index (χ4n) is 3.03. The van der Waals surface area contributed by atoms with Crippen molar-refractivity contribution in [2.75, 3.05) is 18.6 Å². The summed E-state index contributed by atoms with van der Waals surface area (Å²) in [7, 11) is -1.25. The number of sulfone groups is 1. The molecule has 0 aliphatic carbocycles. The first-order valence-corrected chi connectivity index (χ1v) is 10.7. The van der Waals surface area contributed by atoms with E-state index in [9.17, 15) is 13.2 Å². The Hall–Kier alpha value is -2.61. The van der Waals surface area contributed by atoms with Gasteiger partial charge in [-0.2, -0.15) is 0 Å². The molecule has 1 unspecified atom stereocenters. The zero-order valence-electron chi connectivity index (χ0n) is 15.3. The number of pyridine rings is 1. The first-order valence-electron chi connectivity index (χ1n) is 8.86. The molecule has 2 aromatic rings. The molecule has 2 heterocycles. The SMILES string of the molecule is CN=C(NCc1ccc(Cn2ccccc2=O)cc1)NC1CCS(=O)(=O)C1. The first-order chi connectivity index (χ1) is 12.9. The van der Waals surface area contributed by atoms with Gasteiger partial charge in [0.15, 0.2) is 15.8 Å². The van der Waals surface area contributed by atoms with Crippen molar-refractivity contribution in [2.24, 2.45) is 4.99 Å². The van der Waals surface area contributed by atoms with E-state index < -0.39 is 9.84 Å². The molecule has 1 fully saturated rings. The van der Waals surface area contributed by atoms with Crippen molar-refractivity contribution in [3.05, 3.63) is 70.1 Å². The molecule has 1 aromatic carbocycles. The molecule has 27 heavy (non-hydrogen) atoms. The number of hydrogen-bond donors (Lipinski definition) is 2. The first kappa shape index (κ1) is 19.2. The Morgan fingerprint density at radius 3 is 2.56 bits per heavy atom.